The number of nitrogens with one attached hydrogen (secondary N) is 2. The molecule has 27 heavy (non-hydrogen) atoms. The Morgan fingerprint density at radius 3 is 2.63 bits per heavy atom. The molecule has 2 N–H and O–H groups in total. The van der Waals surface area contributed by atoms with Crippen molar-refractivity contribution in [3.8, 4) is 11.5 Å². The molecule has 0 aliphatic heterocycles. The molecule has 6 heteroatoms. The Balaban J connectivity index is 1.68. The van der Waals surface area contributed by atoms with E-state index in [-0.39, 0.29) is 6.03 Å². The first-order chi connectivity index (χ1) is 13.2. The van der Waals surface area contributed by atoms with Crippen molar-refractivity contribution in [3.05, 3.63) is 54.7 Å². The summed E-state index contributed by atoms with van der Waals surface area (Å²) in [5.41, 5.74) is 1.96. The van der Waals surface area contributed by atoms with Gasteiger partial charge in [-0.25, -0.2) is 4.79 Å². The number of hydrogen-bond donors (Lipinski definition) is 2. The standard InChI is InChI=1S/C21H23N3O3/c1-3-4-12-27-17-9-7-16(8-10-17)23-21(25)24-19-14-18(26-2)13-15-6-5-11-22-20(15)19/h5-11,13-14H,3-4,12H2,1-2H3,(H2,23,24,25). The Labute approximate surface area is 158 Å². The number of nitrogens with zero attached hydrogens (tertiary/aromatic N) is 1. The second-order valence-corrected chi connectivity index (χ2v) is 6.06. The highest BCUT2D eigenvalue weighted by molar-refractivity contribution is 6.05. The lowest BCUT2D eigenvalue weighted by atomic mass is 10.2. The number of fused-ring (bicyclic) bond motifs is 1. The van der Waals surface area contributed by atoms with E-state index in [1.54, 1.807) is 19.4 Å². The molecule has 0 bridgehead atoms. The van der Waals surface area contributed by atoms with E-state index < -0.39 is 0 Å². The maximum absolute atomic E-state index is 12.4. The van der Waals surface area contributed by atoms with E-state index in [0.29, 0.717) is 29.2 Å². The van der Waals surface area contributed by atoms with Crippen molar-refractivity contribution in [2.75, 3.05) is 24.4 Å². The van der Waals surface area contributed by atoms with Gasteiger partial charge >= 0.3 is 6.03 Å². The van der Waals surface area contributed by atoms with Gasteiger partial charge in [-0.15, -0.1) is 0 Å². The van der Waals surface area contributed by atoms with Gasteiger partial charge in [0, 0.05) is 23.3 Å². The minimum absolute atomic E-state index is 0.352. The predicted molar refractivity (Wildman–Crippen MR) is 108 cm³/mol. The quantitative estimate of drug-likeness (QED) is 0.574. The zero-order chi connectivity index (χ0) is 19.1. The molecule has 3 rings (SSSR count). The number of benzene rings is 2. The smallest absolute Gasteiger partial charge is 0.323 e. The van der Waals surface area contributed by atoms with Crippen LogP contribution in [0.2, 0.25) is 0 Å². The largest absolute Gasteiger partial charge is 0.497 e. The first kappa shape index (κ1) is 18.5. The average Bonchev–Trinajstić information content (AvgIpc) is 2.69. The summed E-state index contributed by atoms with van der Waals surface area (Å²) in [6.07, 6.45) is 3.80. The predicted octanol–water partition coefficient (Wildman–Crippen LogP) is 5.07. The fraction of sp³-hybridized carbons (Fsp3) is 0.238. The van der Waals surface area contributed by atoms with E-state index in [9.17, 15) is 4.79 Å². The maximum Gasteiger partial charge on any atom is 0.323 e. The molecular formula is C21H23N3O3. The molecule has 1 heterocycles. The van der Waals surface area contributed by atoms with E-state index >= 15 is 0 Å². The first-order valence-electron chi connectivity index (χ1n) is 8.93. The molecule has 3 aromatic rings. The SMILES string of the molecule is CCCCOc1ccc(NC(=O)Nc2cc(OC)cc3cccnc23)cc1. The zero-order valence-electron chi connectivity index (χ0n) is 15.5. The van der Waals surface area contributed by atoms with Crippen LogP contribution in [0.15, 0.2) is 54.7 Å². The normalized spacial score (nSPS) is 10.4. The molecular weight excluding hydrogens is 342 g/mol. The number of urea groups is 1. The second-order valence-electron chi connectivity index (χ2n) is 6.06. The molecule has 6 nitrogen and oxygen atoms in total. The minimum atomic E-state index is -0.352. The Hall–Kier alpha value is -3.28. The molecule has 1 aromatic heterocycles. The third-order valence-electron chi connectivity index (χ3n) is 4.04. The van der Waals surface area contributed by atoms with Crippen LogP contribution in [0.4, 0.5) is 16.2 Å². The van der Waals surface area contributed by atoms with Crippen molar-refractivity contribution in [1.29, 1.82) is 0 Å². The van der Waals surface area contributed by atoms with Crippen LogP contribution in [0.25, 0.3) is 10.9 Å². The fourth-order valence-electron chi connectivity index (χ4n) is 2.63. The molecule has 0 unspecified atom stereocenters. The monoisotopic (exact) mass is 365 g/mol. The third kappa shape index (κ3) is 4.88. The minimum Gasteiger partial charge on any atom is -0.497 e. The van der Waals surface area contributed by atoms with E-state index in [1.807, 2.05) is 42.5 Å². The molecule has 0 radical (unpaired) electrons. The van der Waals surface area contributed by atoms with E-state index in [1.165, 1.54) is 0 Å². The molecule has 0 saturated carbocycles. The van der Waals surface area contributed by atoms with Crippen molar-refractivity contribution in [1.82, 2.24) is 4.98 Å². The summed E-state index contributed by atoms with van der Waals surface area (Å²) < 4.78 is 10.9. The summed E-state index contributed by atoms with van der Waals surface area (Å²) in [7, 11) is 1.59. The first-order valence-corrected chi connectivity index (χ1v) is 8.93. The highest BCUT2D eigenvalue weighted by atomic mass is 16.5. The number of anilines is 2. The Kier molecular flexibility index (Phi) is 6.10. The summed E-state index contributed by atoms with van der Waals surface area (Å²) >= 11 is 0. The van der Waals surface area contributed by atoms with E-state index in [4.69, 9.17) is 9.47 Å². The molecule has 2 aromatic carbocycles. The van der Waals surface area contributed by atoms with Gasteiger partial charge < -0.3 is 20.1 Å². The maximum atomic E-state index is 12.4. The van der Waals surface area contributed by atoms with Gasteiger partial charge in [0.1, 0.15) is 11.5 Å². The van der Waals surface area contributed by atoms with Crippen molar-refractivity contribution >= 4 is 28.3 Å². The number of methoxy groups -OCH3 is 1. The van der Waals surface area contributed by atoms with Crippen molar-refractivity contribution in [2.24, 2.45) is 0 Å². The summed E-state index contributed by atoms with van der Waals surface area (Å²) in [6, 6.07) is 14.3. The number of carbonyl (C=O) groups is 1. The fourth-order valence-corrected chi connectivity index (χ4v) is 2.63. The molecule has 0 saturated heterocycles. The molecule has 0 aliphatic rings. The summed E-state index contributed by atoms with van der Waals surface area (Å²) in [5, 5.41) is 6.54. The summed E-state index contributed by atoms with van der Waals surface area (Å²) in [6.45, 7) is 2.82. The van der Waals surface area contributed by atoms with E-state index in [0.717, 1.165) is 24.0 Å². The summed E-state index contributed by atoms with van der Waals surface area (Å²) in [4.78, 5) is 16.7. The van der Waals surface area contributed by atoms with Crippen molar-refractivity contribution in [3.63, 3.8) is 0 Å². The number of amides is 2. The lowest BCUT2D eigenvalue weighted by Gasteiger charge is -2.12. The lowest BCUT2D eigenvalue weighted by Crippen LogP contribution is -2.19. The van der Waals surface area contributed by atoms with Gasteiger partial charge in [-0.1, -0.05) is 19.4 Å². The lowest BCUT2D eigenvalue weighted by molar-refractivity contribution is 0.262. The molecule has 0 atom stereocenters. The van der Waals surface area contributed by atoms with Gasteiger partial charge in [0.15, 0.2) is 0 Å². The Morgan fingerprint density at radius 1 is 1.07 bits per heavy atom. The van der Waals surface area contributed by atoms with E-state index in [2.05, 4.69) is 22.5 Å². The number of pyridine rings is 1. The van der Waals surface area contributed by atoms with Gasteiger partial charge in [-0.3, -0.25) is 4.98 Å². The van der Waals surface area contributed by atoms with Crippen LogP contribution in [0.1, 0.15) is 19.8 Å². The molecule has 2 amide bonds. The Bertz CT molecular complexity index is 910. The number of unbranched alkanes of at least 4 members (excludes halogenated alkanes) is 1. The Morgan fingerprint density at radius 2 is 1.89 bits per heavy atom. The van der Waals surface area contributed by atoms with Crippen LogP contribution in [0, 0.1) is 0 Å². The summed E-state index contributed by atoms with van der Waals surface area (Å²) in [5.74, 6) is 1.44. The van der Waals surface area contributed by atoms with Crippen LogP contribution in [-0.2, 0) is 0 Å². The average molecular weight is 365 g/mol. The van der Waals surface area contributed by atoms with Crippen LogP contribution in [0.3, 0.4) is 0 Å². The second kappa shape index (κ2) is 8.89. The zero-order valence-corrected chi connectivity index (χ0v) is 15.5. The van der Waals surface area contributed by atoms with Crippen molar-refractivity contribution < 1.29 is 14.3 Å². The molecule has 0 spiro atoms. The van der Waals surface area contributed by atoms with Gasteiger partial charge in [0.2, 0.25) is 0 Å². The third-order valence-corrected chi connectivity index (χ3v) is 4.04. The van der Waals surface area contributed by atoms with Gasteiger partial charge in [0.25, 0.3) is 0 Å². The number of rotatable bonds is 7. The number of carbonyl (C=O) groups excluding carboxylic acids is 1. The number of aromatic nitrogens is 1. The number of ether oxygens (including phenoxy) is 2. The van der Waals surface area contributed by atoms with Crippen molar-refractivity contribution in [2.45, 2.75) is 19.8 Å². The number of hydrogen-bond acceptors (Lipinski definition) is 4. The highest BCUT2D eigenvalue weighted by Gasteiger charge is 2.09. The van der Waals surface area contributed by atoms with Crippen LogP contribution in [-0.4, -0.2) is 24.7 Å². The van der Waals surface area contributed by atoms with Gasteiger partial charge in [-0.05, 0) is 42.8 Å². The molecule has 0 aliphatic carbocycles. The van der Waals surface area contributed by atoms with Crippen LogP contribution >= 0.6 is 0 Å². The molecule has 140 valence electrons. The molecule has 0 fully saturated rings. The van der Waals surface area contributed by atoms with Gasteiger partial charge in [-0.2, -0.15) is 0 Å². The topological polar surface area (TPSA) is 72.5 Å². The highest BCUT2D eigenvalue weighted by Crippen LogP contribution is 2.28. The van der Waals surface area contributed by atoms with Crippen LogP contribution < -0.4 is 20.1 Å². The van der Waals surface area contributed by atoms with Gasteiger partial charge in [0.05, 0.1) is 24.9 Å². The van der Waals surface area contributed by atoms with Crippen LogP contribution in [0.5, 0.6) is 11.5 Å².